The Hall–Kier alpha value is -2.54. The molecule has 2 rings (SSSR count). The molecular weight excluding hydrogens is 400 g/mol. The van der Waals surface area contributed by atoms with E-state index in [4.69, 9.17) is 4.74 Å². The van der Waals surface area contributed by atoms with Crippen LogP contribution >= 0.6 is 0 Å². The number of nitrogens with one attached hydrogen (secondary N) is 1. The summed E-state index contributed by atoms with van der Waals surface area (Å²) in [7, 11) is -3.43. The summed E-state index contributed by atoms with van der Waals surface area (Å²) in [5, 5.41) is 2.91. The number of aryl methyl sites for hydroxylation is 3. The highest BCUT2D eigenvalue weighted by Gasteiger charge is 2.18. The summed E-state index contributed by atoms with van der Waals surface area (Å²) in [6.07, 6.45) is 1.86. The van der Waals surface area contributed by atoms with Gasteiger partial charge < -0.3 is 10.1 Å². The number of nitrogens with zero attached hydrogens (tertiary/aromatic N) is 1. The van der Waals surface area contributed by atoms with Crippen LogP contribution in [-0.2, 0) is 14.8 Å². The molecule has 0 aliphatic heterocycles. The van der Waals surface area contributed by atoms with Crippen molar-refractivity contribution in [1.82, 2.24) is 5.32 Å². The number of ether oxygens (including phenoxy) is 1. The zero-order valence-corrected chi connectivity index (χ0v) is 19.3. The molecule has 1 atom stereocenters. The van der Waals surface area contributed by atoms with Crippen LogP contribution < -0.4 is 14.4 Å². The molecule has 0 aliphatic rings. The summed E-state index contributed by atoms with van der Waals surface area (Å²) in [6.45, 7) is 8.42. The molecule has 0 heterocycles. The Morgan fingerprint density at radius 2 is 1.77 bits per heavy atom. The number of sulfonamides is 1. The minimum Gasteiger partial charge on any atom is -0.491 e. The van der Waals surface area contributed by atoms with Gasteiger partial charge in [0.1, 0.15) is 12.4 Å². The molecular formula is C23H32N2O4S. The number of hydrogen-bond donors (Lipinski definition) is 1. The molecule has 7 heteroatoms. The molecule has 0 radical (unpaired) electrons. The lowest BCUT2D eigenvalue weighted by molar-refractivity contribution is -0.121. The minimum absolute atomic E-state index is 0.121. The van der Waals surface area contributed by atoms with E-state index in [0.717, 1.165) is 22.4 Å². The van der Waals surface area contributed by atoms with E-state index in [1.165, 1.54) is 10.6 Å². The van der Waals surface area contributed by atoms with Crippen LogP contribution in [0, 0.1) is 20.8 Å². The van der Waals surface area contributed by atoms with Gasteiger partial charge in [-0.15, -0.1) is 0 Å². The Balaban J connectivity index is 1.85. The van der Waals surface area contributed by atoms with Crippen molar-refractivity contribution >= 4 is 21.6 Å². The summed E-state index contributed by atoms with van der Waals surface area (Å²) in [5.41, 5.74) is 3.80. The molecule has 0 saturated heterocycles. The van der Waals surface area contributed by atoms with Crippen molar-refractivity contribution in [2.24, 2.45) is 0 Å². The third-order valence-electron chi connectivity index (χ3n) is 4.93. The number of anilines is 1. The molecule has 1 N–H and O–H groups in total. The molecule has 0 spiro atoms. The smallest absolute Gasteiger partial charge is 0.232 e. The van der Waals surface area contributed by atoms with Gasteiger partial charge in [0.05, 0.1) is 18.0 Å². The highest BCUT2D eigenvalue weighted by Crippen LogP contribution is 2.22. The van der Waals surface area contributed by atoms with Crippen molar-refractivity contribution in [2.45, 2.75) is 46.6 Å². The monoisotopic (exact) mass is 432 g/mol. The first kappa shape index (κ1) is 23.7. The maximum absolute atomic E-state index is 12.3. The van der Waals surface area contributed by atoms with Crippen LogP contribution in [0.25, 0.3) is 0 Å². The van der Waals surface area contributed by atoms with E-state index >= 15 is 0 Å². The van der Waals surface area contributed by atoms with Crippen LogP contribution in [0.1, 0.15) is 36.5 Å². The van der Waals surface area contributed by atoms with Gasteiger partial charge in [0.2, 0.25) is 15.9 Å². The second-order valence-electron chi connectivity index (χ2n) is 7.75. The number of para-hydroxylation sites is 1. The van der Waals surface area contributed by atoms with Gasteiger partial charge >= 0.3 is 0 Å². The fourth-order valence-electron chi connectivity index (χ4n) is 3.07. The number of rotatable bonds is 10. The Bertz CT molecular complexity index is 973. The largest absolute Gasteiger partial charge is 0.491 e. The molecule has 30 heavy (non-hydrogen) atoms. The predicted octanol–water partition coefficient (Wildman–Crippen LogP) is 3.74. The number of amides is 1. The van der Waals surface area contributed by atoms with Crippen LogP contribution in [0.4, 0.5) is 5.69 Å². The Labute approximate surface area is 180 Å². The van der Waals surface area contributed by atoms with Gasteiger partial charge in [-0.3, -0.25) is 9.10 Å². The average Bonchev–Trinajstić information content (AvgIpc) is 2.66. The van der Waals surface area contributed by atoms with E-state index in [1.807, 2.05) is 64.1 Å². The zero-order chi connectivity index (χ0) is 22.3. The Morgan fingerprint density at radius 3 is 2.40 bits per heavy atom. The predicted molar refractivity (Wildman–Crippen MR) is 122 cm³/mol. The van der Waals surface area contributed by atoms with Gasteiger partial charge in [-0.25, -0.2) is 8.42 Å². The maximum atomic E-state index is 12.3. The van der Waals surface area contributed by atoms with Crippen LogP contribution in [-0.4, -0.2) is 39.8 Å². The van der Waals surface area contributed by atoms with E-state index in [9.17, 15) is 13.2 Å². The lowest BCUT2D eigenvalue weighted by Gasteiger charge is -2.23. The molecule has 0 fully saturated rings. The van der Waals surface area contributed by atoms with E-state index in [-0.39, 0.29) is 24.9 Å². The number of carbonyl (C=O) groups is 1. The van der Waals surface area contributed by atoms with Gasteiger partial charge in [0.15, 0.2) is 0 Å². The van der Waals surface area contributed by atoms with E-state index in [1.54, 1.807) is 6.07 Å². The van der Waals surface area contributed by atoms with Crippen molar-refractivity contribution in [3.8, 4) is 5.75 Å². The molecule has 1 unspecified atom stereocenters. The Morgan fingerprint density at radius 1 is 1.07 bits per heavy atom. The third-order valence-corrected chi connectivity index (χ3v) is 6.13. The van der Waals surface area contributed by atoms with Crippen molar-refractivity contribution in [3.63, 3.8) is 0 Å². The van der Waals surface area contributed by atoms with E-state index in [2.05, 4.69) is 5.32 Å². The molecule has 1 amide bonds. The maximum Gasteiger partial charge on any atom is 0.232 e. The zero-order valence-electron chi connectivity index (χ0n) is 18.4. The molecule has 2 aromatic carbocycles. The first-order valence-electron chi connectivity index (χ1n) is 10.1. The van der Waals surface area contributed by atoms with Crippen LogP contribution in [0.3, 0.4) is 0 Å². The molecule has 0 aliphatic carbocycles. The van der Waals surface area contributed by atoms with Gasteiger partial charge in [0, 0.05) is 13.0 Å². The number of carbonyl (C=O) groups excluding carboxylic acids is 1. The summed E-state index contributed by atoms with van der Waals surface area (Å²) in [4.78, 5) is 12.3. The van der Waals surface area contributed by atoms with Crippen LogP contribution in [0.15, 0.2) is 42.5 Å². The van der Waals surface area contributed by atoms with Gasteiger partial charge in [0.25, 0.3) is 0 Å². The lowest BCUT2D eigenvalue weighted by Crippen LogP contribution is -2.37. The minimum atomic E-state index is -3.43. The van der Waals surface area contributed by atoms with Crippen molar-refractivity contribution in [2.75, 3.05) is 23.7 Å². The SMILES string of the molecule is Cc1ccc(N(CCCC(=O)NC(C)COc2ccccc2C)S(C)(=O)=O)cc1C. The first-order chi connectivity index (χ1) is 14.1. The molecule has 164 valence electrons. The van der Waals surface area contributed by atoms with E-state index in [0.29, 0.717) is 18.7 Å². The summed E-state index contributed by atoms with van der Waals surface area (Å²) in [5.74, 6) is 0.681. The second-order valence-corrected chi connectivity index (χ2v) is 9.66. The van der Waals surface area contributed by atoms with Gasteiger partial charge in [-0.2, -0.15) is 0 Å². The van der Waals surface area contributed by atoms with Gasteiger partial charge in [-0.1, -0.05) is 24.3 Å². The first-order valence-corrected chi connectivity index (χ1v) is 12.0. The molecule has 0 bridgehead atoms. The lowest BCUT2D eigenvalue weighted by atomic mass is 10.1. The molecule has 0 saturated carbocycles. The van der Waals surface area contributed by atoms with Gasteiger partial charge in [-0.05, 0) is 69.0 Å². The average molecular weight is 433 g/mol. The normalized spacial score (nSPS) is 12.3. The van der Waals surface area contributed by atoms with Crippen molar-refractivity contribution in [3.05, 3.63) is 59.2 Å². The highest BCUT2D eigenvalue weighted by molar-refractivity contribution is 7.92. The molecule has 6 nitrogen and oxygen atoms in total. The quantitative estimate of drug-likeness (QED) is 0.621. The molecule has 2 aromatic rings. The van der Waals surface area contributed by atoms with Crippen molar-refractivity contribution in [1.29, 1.82) is 0 Å². The summed E-state index contributed by atoms with van der Waals surface area (Å²) in [6, 6.07) is 13.2. The third kappa shape index (κ3) is 7.06. The summed E-state index contributed by atoms with van der Waals surface area (Å²) < 4.78 is 31.6. The fourth-order valence-corrected chi connectivity index (χ4v) is 4.03. The standard InChI is InChI=1S/C23H32N2O4S/c1-17-12-13-21(15-19(17)3)25(30(5,27)28)14-8-11-23(26)24-20(4)16-29-22-10-7-6-9-18(22)2/h6-7,9-10,12-13,15,20H,8,11,14,16H2,1-5H3,(H,24,26). The fraction of sp³-hybridized carbons (Fsp3) is 0.435. The number of benzene rings is 2. The topological polar surface area (TPSA) is 75.7 Å². The second kappa shape index (κ2) is 10.5. The van der Waals surface area contributed by atoms with Crippen LogP contribution in [0.5, 0.6) is 5.75 Å². The van der Waals surface area contributed by atoms with Crippen molar-refractivity contribution < 1.29 is 17.9 Å². The number of hydrogen-bond acceptors (Lipinski definition) is 4. The Kier molecular flexibility index (Phi) is 8.29. The molecule has 0 aromatic heterocycles. The summed E-state index contributed by atoms with van der Waals surface area (Å²) >= 11 is 0. The van der Waals surface area contributed by atoms with Crippen LogP contribution in [0.2, 0.25) is 0 Å². The highest BCUT2D eigenvalue weighted by atomic mass is 32.2. The van der Waals surface area contributed by atoms with E-state index < -0.39 is 10.0 Å².